The molecule has 2 unspecified atom stereocenters. The van der Waals surface area contributed by atoms with E-state index in [2.05, 4.69) is 30.8 Å². The topological polar surface area (TPSA) is 84.5 Å². The summed E-state index contributed by atoms with van der Waals surface area (Å²) >= 11 is 0. The molecule has 0 spiro atoms. The Morgan fingerprint density at radius 3 is 2.29 bits per heavy atom. The Morgan fingerprint density at radius 2 is 1.79 bits per heavy atom. The van der Waals surface area contributed by atoms with Crippen LogP contribution in [-0.4, -0.2) is 32.3 Å². The fraction of sp³-hybridized carbons (Fsp3) is 0.588. The van der Waals surface area contributed by atoms with E-state index in [1.807, 2.05) is 24.3 Å². The van der Waals surface area contributed by atoms with Gasteiger partial charge in [-0.2, -0.15) is 0 Å². The molecule has 2 N–H and O–H groups in total. The lowest BCUT2D eigenvalue weighted by Crippen LogP contribution is -2.53. The van der Waals surface area contributed by atoms with E-state index in [1.54, 1.807) is 13.8 Å². The SMILES string of the molecule is CC(C)S(=O)(=O)NC1CNC(=O)OC1c1ccc(C(C)(C)C)cc1. The molecule has 2 atom stereocenters. The Bertz CT molecular complexity index is 690. The van der Waals surface area contributed by atoms with Gasteiger partial charge in [0.25, 0.3) is 0 Å². The summed E-state index contributed by atoms with van der Waals surface area (Å²) in [5.41, 5.74) is 1.95. The monoisotopic (exact) mass is 354 g/mol. The molecule has 134 valence electrons. The zero-order valence-corrected chi connectivity index (χ0v) is 15.6. The standard InChI is InChI=1S/C17H26N2O4S/c1-11(2)24(21,22)19-14-10-18-16(20)23-15(14)12-6-8-13(9-7-12)17(3,4)5/h6-9,11,14-15,19H,10H2,1-5H3,(H,18,20). The highest BCUT2D eigenvalue weighted by Crippen LogP contribution is 2.28. The summed E-state index contributed by atoms with van der Waals surface area (Å²) in [4.78, 5) is 11.6. The van der Waals surface area contributed by atoms with Gasteiger partial charge in [-0.05, 0) is 30.4 Å². The number of ether oxygens (including phenoxy) is 1. The molecule has 0 saturated carbocycles. The van der Waals surface area contributed by atoms with Crippen molar-refractivity contribution in [3.8, 4) is 0 Å². The normalized spacial score (nSPS) is 22.2. The van der Waals surface area contributed by atoms with Crippen LogP contribution >= 0.6 is 0 Å². The molecule has 0 aromatic heterocycles. The van der Waals surface area contributed by atoms with E-state index >= 15 is 0 Å². The first kappa shape index (κ1) is 18.7. The fourth-order valence-electron chi connectivity index (χ4n) is 2.46. The van der Waals surface area contributed by atoms with Crippen molar-refractivity contribution in [2.75, 3.05) is 6.54 Å². The van der Waals surface area contributed by atoms with Gasteiger partial charge >= 0.3 is 6.09 Å². The molecule has 7 heteroatoms. The minimum Gasteiger partial charge on any atom is -0.440 e. The molecule has 0 aliphatic carbocycles. The fourth-order valence-corrected chi connectivity index (χ4v) is 3.36. The second-order valence-corrected chi connectivity index (χ2v) is 9.67. The van der Waals surface area contributed by atoms with Crippen LogP contribution in [0, 0.1) is 0 Å². The van der Waals surface area contributed by atoms with Crippen molar-refractivity contribution in [3.63, 3.8) is 0 Å². The highest BCUT2D eigenvalue weighted by molar-refractivity contribution is 7.90. The van der Waals surface area contributed by atoms with Gasteiger partial charge in [-0.25, -0.2) is 17.9 Å². The number of carbonyl (C=O) groups is 1. The number of rotatable bonds is 4. The van der Waals surface area contributed by atoms with Gasteiger partial charge in [0.2, 0.25) is 10.0 Å². The summed E-state index contributed by atoms with van der Waals surface area (Å²) in [5.74, 6) is 0. The van der Waals surface area contributed by atoms with E-state index in [9.17, 15) is 13.2 Å². The minimum atomic E-state index is -3.47. The summed E-state index contributed by atoms with van der Waals surface area (Å²) in [5, 5.41) is 1.98. The van der Waals surface area contributed by atoms with Crippen LogP contribution in [0.25, 0.3) is 0 Å². The van der Waals surface area contributed by atoms with Crippen molar-refractivity contribution in [3.05, 3.63) is 35.4 Å². The van der Waals surface area contributed by atoms with Crippen LogP contribution in [0.2, 0.25) is 0 Å². The van der Waals surface area contributed by atoms with Crippen LogP contribution in [0.3, 0.4) is 0 Å². The van der Waals surface area contributed by atoms with E-state index in [0.717, 1.165) is 11.1 Å². The Kier molecular flexibility index (Phi) is 5.25. The highest BCUT2D eigenvalue weighted by Gasteiger charge is 2.35. The average molecular weight is 354 g/mol. The van der Waals surface area contributed by atoms with Crippen molar-refractivity contribution >= 4 is 16.1 Å². The third kappa shape index (κ3) is 4.27. The number of hydrogen-bond acceptors (Lipinski definition) is 4. The van der Waals surface area contributed by atoms with Crippen LogP contribution in [-0.2, 0) is 20.2 Å². The molecule has 0 bridgehead atoms. The van der Waals surface area contributed by atoms with Crippen LogP contribution in [0.1, 0.15) is 51.8 Å². The van der Waals surface area contributed by atoms with Crippen LogP contribution in [0.5, 0.6) is 0 Å². The van der Waals surface area contributed by atoms with Gasteiger partial charge in [-0.15, -0.1) is 0 Å². The number of alkyl carbamates (subject to hydrolysis) is 1. The molecule has 1 aliphatic rings. The zero-order valence-electron chi connectivity index (χ0n) is 14.8. The smallest absolute Gasteiger partial charge is 0.407 e. The molecule has 2 rings (SSSR count). The molecular formula is C17H26N2O4S. The van der Waals surface area contributed by atoms with Gasteiger partial charge in [0.05, 0.1) is 11.3 Å². The maximum atomic E-state index is 12.2. The summed E-state index contributed by atoms with van der Waals surface area (Å²) in [6.45, 7) is 9.76. The molecular weight excluding hydrogens is 328 g/mol. The van der Waals surface area contributed by atoms with Crippen LogP contribution in [0.15, 0.2) is 24.3 Å². The van der Waals surface area contributed by atoms with Crippen molar-refractivity contribution < 1.29 is 17.9 Å². The van der Waals surface area contributed by atoms with Gasteiger partial charge in [0.1, 0.15) is 6.10 Å². The van der Waals surface area contributed by atoms with E-state index < -0.39 is 33.5 Å². The molecule has 1 amide bonds. The predicted octanol–water partition coefficient (Wildman–Crippen LogP) is 2.46. The number of cyclic esters (lactones) is 1. The number of nitrogens with one attached hydrogen (secondary N) is 2. The van der Waals surface area contributed by atoms with E-state index in [-0.39, 0.29) is 12.0 Å². The molecule has 24 heavy (non-hydrogen) atoms. The quantitative estimate of drug-likeness (QED) is 0.870. The lowest BCUT2D eigenvalue weighted by molar-refractivity contribution is 0.0567. The van der Waals surface area contributed by atoms with E-state index in [4.69, 9.17) is 4.74 Å². The summed E-state index contributed by atoms with van der Waals surface area (Å²) in [7, 11) is -3.47. The molecule has 1 heterocycles. The van der Waals surface area contributed by atoms with Crippen molar-refractivity contribution in [1.82, 2.24) is 10.0 Å². The average Bonchev–Trinajstić information content (AvgIpc) is 2.48. The van der Waals surface area contributed by atoms with Gasteiger partial charge in [-0.1, -0.05) is 45.0 Å². The molecule has 1 aliphatic heterocycles. The number of carbonyl (C=O) groups excluding carboxylic acids is 1. The van der Waals surface area contributed by atoms with Gasteiger partial charge in [0.15, 0.2) is 0 Å². The van der Waals surface area contributed by atoms with Gasteiger partial charge in [0, 0.05) is 6.54 Å². The van der Waals surface area contributed by atoms with E-state index in [1.165, 1.54) is 0 Å². The van der Waals surface area contributed by atoms with Gasteiger partial charge in [-0.3, -0.25) is 0 Å². The van der Waals surface area contributed by atoms with Crippen LogP contribution in [0.4, 0.5) is 4.79 Å². The first-order chi connectivity index (χ1) is 11.0. The first-order valence-electron chi connectivity index (χ1n) is 8.07. The lowest BCUT2D eigenvalue weighted by atomic mass is 9.86. The van der Waals surface area contributed by atoms with Crippen molar-refractivity contribution in [2.24, 2.45) is 0 Å². The summed E-state index contributed by atoms with van der Waals surface area (Å²) in [6, 6.07) is 7.20. The second-order valence-electron chi connectivity index (χ2n) is 7.40. The maximum absolute atomic E-state index is 12.2. The third-order valence-corrected chi connectivity index (χ3v) is 5.98. The van der Waals surface area contributed by atoms with Crippen molar-refractivity contribution in [1.29, 1.82) is 0 Å². The number of amides is 1. The molecule has 1 aromatic rings. The van der Waals surface area contributed by atoms with Crippen molar-refractivity contribution in [2.45, 2.75) is 57.4 Å². The Hall–Kier alpha value is -1.60. The lowest BCUT2D eigenvalue weighted by Gasteiger charge is -2.33. The minimum absolute atomic E-state index is 0.0158. The predicted molar refractivity (Wildman–Crippen MR) is 93.3 cm³/mol. The van der Waals surface area contributed by atoms with Crippen LogP contribution < -0.4 is 10.0 Å². The number of hydrogen-bond donors (Lipinski definition) is 2. The maximum Gasteiger partial charge on any atom is 0.407 e. The summed E-state index contributed by atoms with van der Waals surface area (Å²) < 4.78 is 32.3. The Labute approximate surface area is 144 Å². The summed E-state index contributed by atoms with van der Waals surface area (Å²) in [6.07, 6.45) is -1.19. The molecule has 6 nitrogen and oxygen atoms in total. The Morgan fingerprint density at radius 1 is 1.21 bits per heavy atom. The molecule has 0 radical (unpaired) electrons. The third-order valence-electron chi connectivity index (χ3n) is 4.11. The molecule has 1 aromatic carbocycles. The van der Waals surface area contributed by atoms with Gasteiger partial charge < -0.3 is 10.1 Å². The first-order valence-corrected chi connectivity index (χ1v) is 9.61. The Balaban J connectivity index is 2.28. The number of sulfonamides is 1. The largest absolute Gasteiger partial charge is 0.440 e. The zero-order chi connectivity index (χ0) is 18.1. The second kappa shape index (κ2) is 6.72. The van der Waals surface area contributed by atoms with E-state index in [0.29, 0.717) is 0 Å². The highest BCUT2D eigenvalue weighted by atomic mass is 32.2. The number of benzene rings is 1. The molecule has 1 fully saturated rings. The molecule has 1 saturated heterocycles.